The third-order valence-electron chi connectivity index (χ3n) is 5.36. The molecule has 3 rings (SSSR count). The standard InChI is InChI=1S/C27H31NO3/c1-4-20(3)24-13-9-10-14-26(24)31-25(5-2)27(29)28-22-15-17-23(18-16-22)30-19-21-11-7-6-8-12-21/h6-18,20,25H,4-5,19H2,1-3H3,(H,28,29). The molecular formula is C27H31NO3. The van der Waals surface area contributed by atoms with Gasteiger partial charge in [-0.05, 0) is 60.2 Å². The molecule has 0 aliphatic rings. The van der Waals surface area contributed by atoms with E-state index in [-0.39, 0.29) is 5.91 Å². The van der Waals surface area contributed by atoms with Crippen molar-refractivity contribution >= 4 is 11.6 Å². The first-order valence-electron chi connectivity index (χ1n) is 10.9. The predicted molar refractivity (Wildman–Crippen MR) is 126 cm³/mol. The van der Waals surface area contributed by atoms with Crippen LogP contribution in [0.3, 0.4) is 0 Å². The van der Waals surface area contributed by atoms with Crippen molar-refractivity contribution in [2.45, 2.75) is 52.2 Å². The van der Waals surface area contributed by atoms with Crippen LogP contribution in [0.15, 0.2) is 78.9 Å². The summed E-state index contributed by atoms with van der Waals surface area (Å²) in [7, 11) is 0. The maximum Gasteiger partial charge on any atom is 0.265 e. The van der Waals surface area contributed by atoms with E-state index < -0.39 is 6.10 Å². The lowest BCUT2D eigenvalue weighted by atomic mass is 9.98. The van der Waals surface area contributed by atoms with Crippen LogP contribution in [0.2, 0.25) is 0 Å². The van der Waals surface area contributed by atoms with Crippen molar-refractivity contribution in [3.63, 3.8) is 0 Å². The second-order valence-corrected chi connectivity index (χ2v) is 7.65. The van der Waals surface area contributed by atoms with E-state index in [1.165, 1.54) is 0 Å². The minimum absolute atomic E-state index is 0.153. The first kappa shape index (κ1) is 22.4. The summed E-state index contributed by atoms with van der Waals surface area (Å²) in [5, 5.41) is 2.96. The third kappa shape index (κ3) is 6.35. The summed E-state index contributed by atoms with van der Waals surface area (Å²) in [6, 6.07) is 25.4. The fraction of sp³-hybridized carbons (Fsp3) is 0.296. The smallest absolute Gasteiger partial charge is 0.265 e. The van der Waals surface area contributed by atoms with E-state index in [0.29, 0.717) is 24.6 Å². The number of ether oxygens (including phenoxy) is 2. The summed E-state index contributed by atoms with van der Waals surface area (Å²) < 4.78 is 11.9. The SMILES string of the molecule is CCC(Oc1ccccc1C(C)CC)C(=O)Nc1ccc(OCc2ccccc2)cc1. The predicted octanol–water partition coefficient (Wildman–Crippen LogP) is 6.58. The Morgan fingerprint density at radius 3 is 2.23 bits per heavy atom. The molecule has 0 spiro atoms. The lowest BCUT2D eigenvalue weighted by Gasteiger charge is -2.21. The van der Waals surface area contributed by atoms with Crippen LogP contribution in [0.4, 0.5) is 5.69 Å². The quantitative estimate of drug-likeness (QED) is 0.405. The molecule has 0 aliphatic carbocycles. The molecule has 0 saturated carbocycles. The minimum Gasteiger partial charge on any atom is -0.489 e. The van der Waals surface area contributed by atoms with Crippen molar-refractivity contribution in [2.24, 2.45) is 0 Å². The van der Waals surface area contributed by atoms with Gasteiger partial charge >= 0.3 is 0 Å². The highest BCUT2D eigenvalue weighted by atomic mass is 16.5. The van der Waals surface area contributed by atoms with Crippen LogP contribution in [0.1, 0.15) is 50.7 Å². The highest BCUT2D eigenvalue weighted by molar-refractivity contribution is 5.94. The molecule has 4 heteroatoms. The Kier molecular flexibility index (Phi) is 8.11. The number of hydrogen-bond acceptors (Lipinski definition) is 3. The van der Waals surface area contributed by atoms with Crippen LogP contribution >= 0.6 is 0 Å². The number of benzene rings is 3. The van der Waals surface area contributed by atoms with Gasteiger partial charge in [-0.2, -0.15) is 0 Å². The lowest BCUT2D eigenvalue weighted by molar-refractivity contribution is -0.122. The van der Waals surface area contributed by atoms with Crippen LogP contribution in [-0.2, 0) is 11.4 Å². The summed E-state index contributed by atoms with van der Waals surface area (Å²) in [4.78, 5) is 12.8. The molecule has 0 radical (unpaired) electrons. The topological polar surface area (TPSA) is 47.6 Å². The van der Waals surface area contributed by atoms with Crippen molar-refractivity contribution in [1.29, 1.82) is 0 Å². The Morgan fingerprint density at radius 1 is 0.871 bits per heavy atom. The zero-order valence-corrected chi connectivity index (χ0v) is 18.5. The van der Waals surface area contributed by atoms with E-state index >= 15 is 0 Å². The Hall–Kier alpha value is -3.27. The highest BCUT2D eigenvalue weighted by Crippen LogP contribution is 2.29. The average Bonchev–Trinajstić information content (AvgIpc) is 2.82. The van der Waals surface area contributed by atoms with Crippen LogP contribution in [-0.4, -0.2) is 12.0 Å². The lowest BCUT2D eigenvalue weighted by Crippen LogP contribution is -2.32. The number of amides is 1. The van der Waals surface area contributed by atoms with Gasteiger partial charge in [-0.1, -0.05) is 69.3 Å². The molecule has 3 aromatic carbocycles. The number of carbonyl (C=O) groups is 1. The second-order valence-electron chi connectivity index (χ2n) is 7.65. The van der Waals surface area contributed by atoms with E-state index in [0.717, 1.165) is 29.0 Å². The molecule has 0 aliphatic heterocycles. The van der Waals surface area contributed by atoms with E-state index in [9.17, 15) is 4.79 Å². The number of nitrogens with one attached hydrogen (secondary N) is 1. The molecule has 2 unspecified atom stereocenters. The van der Waals surface area contributed by atoms with Gasteiger partial charge in [0, 0.05) is 5.69 Å². The van der Waals surface area contributed by atoms with Gasteiger partial charge in [-0.25, -0.2) is 0 Å². The summed E-state index contributed by atoms with van der Waals surface area (Å²) >= 11 is 0. The molecule has 0 heterocycles. The Morgan fingerprint density at radius 2 is 1.55 bits per heavy atom. The molecule has 4 nitrogen and oxygen atoms in total. The Bertz CT molecular complexity index is 954. The van der Waals surface area contributed by atoms with E-state index in [1.807, 2.05) is 79.7 Å². The summed E-state index contributed by atoms with van der Waals surface area (Å²) in [6.45, 7) is 6.79. The first-order chi connectivity index (χ1) is 15.1. The van der Waals surface area contributed by atoms with Crippen LogP contribution in [0.5, 0.6) is 11.5 Å². The molecule has 162 valence electrons. The van der Waals surface area contributed by atoms with Gasteiger partial charge in [-0.15, -0.1) is 0 Å². The van der Waals surface area contributed by atoms with Gasteiger partial charge in [0.2, 0.25) is 0 Å². The zero-order valence-electron chi connectivity index (χ0n) is 18.5. The number of rotatable bonds is 10. The van der Waals surface area contributed by atoms with Gasteiger partial charge in [-0.3, -0.25) is 4.79 Å². The number of anilines is 1. The molecule has 1 amide bonds. The fourth-order valence-corrected chi connectivity index (χ4v) is 3.29. The highest BCUT2D eigenvalue weighted by Gasteiger charge is 2.21. The number of hydrogen-bond donors (Lipinski definition) is 1. The third-order valence-corrected chi connectivity index (χ3v) is 5.36. The molecule has 0 bridgehead atoms. The summed E-state index contributed by atoms with van der Waals surface area (Å²) in [6.07, 6.45) is 1.04. The molecule has 0 aromatic heterocycles. The van der Waals surface area contributed by atoms with Crippen LogP contribution in [0.25, 0.3) is 0 Å². The van der Waals surface area contributed by atoms with Crippen LogP contribution < -0.4 is 14.8 Å². The van der Waals surface area contributed by atoms with Crippen molar-refractivity contribution in [2.75, 3.05) is 5.32 Å². The zero-order chi connectivity index (χ0) is 22.1. The van der Waals surface area contributed by atoms with Crippen molar-refractivity contribution < 1.29 is 14.3 Å². The Labute approximate surface area is 185 Å². The van der Waals surface area contributed by atoms with Crippen molar-refractivity contribution in [1.82, 2.24) is 0 Å². The maximum atomic E-state index is 12.8. The van der Waals surface area contributed by atoms with Gasteiger partial charge in [0.15, 0.2) is 6.10 Å². The molecule has 31 heavy (non-hydrogen) atoms. The molecule has 0 fully saturated rings. The largest absolute Gasteiger partial charge is 0.489 e. The van der Waals surface area contributed by atoms with E-state index in [1.54, 1.807) is 0 Å². The summed E-state index contributed by atoms with van der Waals surface area (Å²) in [5.74, 6) is 1.76. The number of carbonyl (C=O) groups excluding carboxylic acids is 1. The molecule has 1 N–H and O–H groups in total. The van der Waals surface area contributed by atoms with Gasteiger partial charge in [0.25, 0.3) is 5.91 Å². The summed E-state index contributed by atoms with van der Waals surface area (Å²) in [5.41, 5.74) is 2.96. The molecule has 3 aromatic rings. The average molecular weight is 418 g/mol. The molecular weight excluding hydrogens is 386 g/mol. The number of para-hydroxylation sites is 1. The van der Waals surface area contributed by atoms with Crippen LogP contribution in [0, 0.1) is 0 Å². The van der Waals surface area contributed by atoms with Gasteiger partial charge < -0.3 is 14.8 Å². The van der Waals surface area contributed by atoms with E-state index in [2.05, 4.69) is 25.2 Å². The van der Waals surface area contributed by atoms with Crippen molar-refractivity contribution in [3.05, 3.63) is 90.0 Å². The van der Waals surface area contributed by atoms with E-state index in [4.69, 9.17) is 9.47 Å². The van der Waals surface area contributed by atoms with Crippen molar-refractivity contribution in [3.8, 4) is 11.5 Å². The molecule has 2 atom stereocenters. The van der Waals surface area contributed by atoms with Gasteiger partial charge in [0.05, 0.1) is 0 Å². The molecule has 0 saturated heterocycles. The minimum atomic E-state index is -0.556. The monoisotopic (exact) mass is 417 g/mol. The Balaban J connectivity index is 1.59. The normalized spacial score (nSPS) is 12.6. The fourth-order valence-electron chi connectivity index (χ4n) is 3.29. The first-order valence-corrected chi connectivity index (χ1v) is 10.9. The van der Waals surface area contributed by atoms with Gasteiger partial charge in [0.1, 0.15) is 18.1 Å². The maximum absolute atomic E-state index is 12.8. The second kappa shape index (κ2) is 11.2.